The summed E-state index contributed by atoms with van der Waals surface area (Å²) in [6.45, 7) is 6.08. The van der Waals surface area contributed by atoms with E-state index in [9.17, 15) is 9.59 Å². The number of benzene rings is 2. The second kappa shape index (κ2) is 8.35. The van der Waals surface area contributed by atoms with Crippen molar-refractivity contribution in [1.82, 2.24) is 9.38 Å². The number of hydrogen-bond acceptors (Lipinski definition) is 5. The van der Waals surface area contributed by atoms with E-state index in [-0.39, 0.29) is 11.5 Å². The van der Waals surface area contributed by atoms with Gasteiger partial charge in [-0.2, -0.15) is 0 Å². The Kier molecular flexibility index (Phi) is 5.61. The molecule has 31 heavy (non-hydrogen) atoms. The molecule has 6 nitrogen and oxygen atoms in total. The predicted octanol–water partition coefficient (Wildman–Crippen LogP) is 5.12. The topological polar surface area (TPSA) is 72.7 Å². The van der Waals surface area contributed by atoms with Gasteiger partial charge in [-0.25, -0.2) is 4.98 Å². The van der Waals surface area contributed by atoms with Gasteiger partial charge >= 0.3 is 0 Å². The molecule has 1 amide bonds. The maximum absolute atomic E-state index is 13.3. The van der Waals surface area contributed by atoms with Gasteiger partial charge < -0.3 is 10.1 Å². The van der Waals surface area contributed by atoms with Gasteiger partial charge in [0.05, 0.1) is 12.8 Å². The van der Waals surface area contributed by atoms with Crippen molar-refractivity contribution in [3.63, 3.8) is 0 Å². The van der Waals surface area contributed by atoms with Crippen LogP contribution in [0.5, 0.6) is 5.75 Å². The number of ether oxygens (including phenoxy) is 1. The fourth-order valence-electron chi connectivity index (χ4n) is 3.56. The standard InChI is InChI=1S/C24H23N3O3S/c1-14(2)18-10-5-7-15(3)21(18)26-22(28)19-12-25-24-27(23(19)29)20(13-31-24)16-8-6-9-17(11-16)30-4/h5-14H,1-4H3,(H,26,28). The van der Waals surface area contributed by atoms with Gasteiger partial charge in [-0.3, -0.25) is 14.0 Å². The number of anilines is 1. The van der Waals surface area contributed by atoms with Crippen molar-refractivity contribution >= 4 is 27.9 Å². The smallest absolute Gasteiger partial charge is 0.271 e. The molecule has 0 radical (unpaired) electrons. The first-order chi connectivity index (χ1) is 14.9. The van der Waals surface area contributed by atoms with E-state index >= 15 is 0 Å². The number of nitrogens with zero attached hydrogens (tertiary/aromatic N) is 2. The minimum atomic E-state index is -0.467. The number of hydrogen-bond donors (Lipinski definition) is 1. The van der Waals surface area contributed by atoms with Crippen LogP contribution in [0, 0.1) is 6.92 Å². The van der Waals surface area contributed by atoms with Gasteiger partial charge in [-0.1, -0.05) is 44.2 Å². The number of aromatic nitrogens is 2. The minimum absolute atomic E-state index is 0.00185. The number of carbonyl (C=O) groups excluding carboxylic acids is 1. The average Bonchev–Trinajstić information content (AvgIpc) is 3.20. The fraction of sp³-hybridized carbons (Fsp3) is 0.208. The maximum Gasteiger partial charge on any atom is 0.271 e. The van der Waals surface area contributed by atoms with Crippen LogP contribution in [-0.2, 0) is 0 Å². The lowest BCUT2D eigenvalue weighted by molar-refractivity contribution is 0.102. The first-order valence-corrected chi connectivity index (χ1v) is 10.8. The molecule has 2 aromatic heterocycles. The van der Waals surface area contributed by atoms with Crippen LogP contribution in [0.3, 0.4) is 0 Å². The Morgan fingerprint density at radius 2 is 1.97 bits per heavy atom. The molecule has 0 fully saturated rings. The molecule has 0 aliphatic rings. The Balaban J connectivity index is 1.79. The molecule has 7 heteroatoms. The second-order valence-electron chi connectivity index (χ2n) is 7.60. The SMILES string of the molecule is COc1cccc(-c2csc3ncc(C(=O)Nc4c(C)cccc4C(C)C)c(=O)n23)c1. The number of methoxy groups -OCH3 is 1. The van der Waals surface area contributed by atoms with Crippen molar-refractivity contribution in [3.8, 4) is 17.0 Å². The molecule has 0 bridgehead atoms. The summed E-state index contributed by atoms with van der Waals surface area (Å²) in [5, 5.41) is 4.80. The van der Waals surface area contributed by atoms with E-state index in [1.165, 1.54) is 21.9 Å². The van der Waals surface area contributed by atoms with Gasteiger partial charge in [-0.05, 0) is 36.1 Å². The van der Waals surface area contributed by atoms with Crippen molar-refractivity contribution in [2.24, 2.45) is 0 Å². The molecule has 0 saturated heterocycles. The lowest BCUT2D eigenvalue weighted by atomic mass is 9.98. The van der Waals surface area contributed by atoms with Crippen molar-refractivity contribution in [2.75, 3.05) is 12.4 Å². The number of rotatable bonds is 5. The normalized spacial score (nSPS) is 11.1. The zero-order valence-electron chi connectivity index (χ0n) is 17.8. The number of para-hydroxylation sites is 1. The van der Waals surface area contributed by atoms with Crippen molar-refractivity contribution < 1.29 is 9.53 Å². The molecule has 4 aromatic rings. The Hall–Kier alpha value is -3.45. The van der Waals surface area contributed by atoms with E-state index in [2.05, 4.69) is 24.1 Å². The summed E-state index contributed by atoms with van der Waals surface area (Å²) in [5.74, 6) is 0.451. The third-order valence-electron chi connectivity index (χ3n) is 5.22. The van der Waals surface area contributed by atoms with E-state index in [0.29, 0.717) is 16.4 Å². The predicted molar refractivity (Wildman–Crippen MR) is 125 cm³/mol. The summed E-state index contributed by atoms with van der Waals surface area (Å²) >= 11 is 1.35. The van der Waals surface area contributed by atoms with Gasteiger partial charge in [0.25, 0.3) is 11.5 Å². The monoisotopic (exact) mass is 433 g/mol. The molecule has 0 saturated carbocycles. The van der Waals surface area contributed by atoms with Crippen LogP contribution in [0.2, 0.25) is 0 Å². The van der Waals surface area contributed by atoms with Crippen LogP contribution in [-0.4, -0.2) is 22.4 Å². The number of amides is 1. The van der Waals surface area contributed by atoms with E-state index < -0.39 is 11.5 Å². The van der Waals surface area contributed by atoms with Crippen molar-refractivity contribution in [2.45, 2.75) is 26.7 Å². The fourth-order valence-corrected chi connectivity index (χ4v) is 4.41. The van der Waals surface area contributed by atoms with Gasteiger partial charge in [-0.15, -0.1) is 11.3 Å². The van der Waals surface area contributed by atoms with Gasteiger partial charge in [0.15, 0.2) is 4.96 Å². The molecule has 158 valence electrons. The third kappa shape index (κ3) is 3.84. The maximum atomic E-state index is 13.3. The molecule has 0 atom stereocenters. The summed E-state index contributed by atoms with van der Waals surface area (Å²) < 4.78 is 6.78. The Labute approximate surface area is 184 Å². The molecule has 0 aliphatic carbocycles. The van der Waals surface area contributed by atoms with Gasteiger partial charge in [0, 0.05) is 22.8 Å². The number of aryl methyl sites for hydroxylation is 1. The molecular weight excluding hydrogens is 410 g/mol. The average molecular weight is 434 g/mol. The third-order valence-corrected chi connectivity index (χ3v) is 6.06. The van der Waals surface area contributed by atoms with Crippen LogP contribution in [0.1, 0.15) is 41.3 Å². The first-order valence-electron chi connectivity index (χ1n) is 9.95. The summed E-state index contributed by atoms with van der Waals surface area (Å²) in [6.07, 6.45) is 1.35. The van der Waals surface area contributed by atoms with Gasteiger partial charge in [0.1, 0.15) is 11.3 Å². The Morgan fingerprint density at radius 1 is 1.19 bits per heavy atom. The highest BCUT2D eigenvalue weighted by molar-refractivity contribution is 7.15. The quantitative estimate of drug-likeness (QED) is 0.474. The van der Waals surface area contributed by atoms with E-state index in [1.807, 2.05) is 54.8 Å². The molecular formula is C24H23N3O3S. The number of nitrogens with one attached hydrogen (secondary N) is 1. The van der Waals surface area contributed by atoms with E-state index in [4.69, 9.17) is 4.74 Å². The Morgan fingerprint density at radius 3 is 2.71 bits per heavy atom. The zero-order valence-corrected chi connectivity index (χ0v) is 18.6. The van der Waals surface area contributed by atoms with Crippen LogP contribution in [0.15, 0.2) is 58.8 Å². The van der Waals surface area contributed by atoms with E-state index in [0.717, 1.165) is 22.4 Å². The first kappa shape index (κ1) is 20.8. The molecule has 1 N–H and O–H groups in total. The van der Waals surface area contributed by atoms with Crippen LogP contribution < -0.4 is 15.6 Å². The molecule has 0 unspecified atom stereocenters. The van der Waals surface area contributed by atoms with Gasteiger partial charge in [0.2, 0.25) is 0 Å². The van der Waals surface area contributed by atoms with Crippen molar-refractivity contribution in [1.29, 1.82) is 0 Å². The summed E-state index contributed by atoms with van der Waals surface area (Å²) in [6, 6.07) is 13.3. The molecule has 0 aliphatic heterocycles. The summed E-state index contributed by atoms with van der Waals surface area (Å²) in [5.41, 5.74) is 3.79. The number of thiazole rings is 1. The number of fused-ring (bicyclic) bond motifs is 1. The summed E-state index contributed by atoms with van der Waals surface area (Å²) in [4.78, 5) is 31.3. The van der Waals surface area contributed by atoms with Crippen LogP contribution >= 0.6 is 11.3 Å². The highest BCUT2D eigenvalue weighted by atomic mass is 32.1. The molecule has 2 aromatic carbocycles. The Bertz CT molecular complexity index is 1340. The lowest BCUT2D eigenvalue weighted by Gasteiger charge is -2.16. The van der Waals surface area contributed by atoms with E-state index in [1.54, 1.807) is 7.11 Å². The largest absolute Gasteiger partial charge is 0.497 e. The molecule has 2 heterocycles. The summed E-state index contributed by atoms with van der Waals surface area (Å²) in [7, 11) is 1.60. The van der Waals surface area contributed by atoms with Crippen LogP contribution in [0.4, 0.5) is 5.69 Å². The number of carbonyl (C=O) groups is 1. The highest BCUT2D eigenvalue weighted by Crippen LogP contribution is 2.29. The molecule has 4 rings (SSSR count). The lowest BCUT2D eigenvalue weighted by Crippen LogP contribution is -2.27. The molecule has 0 spiro atoms. The zero-order chi connectivity index (χ0) is 22.1. The second-order valence-corrected chi connectivity index (χ2v) is 8.43. The minimum Gasteiger partial charge on any atom is -0.497 e. The van der Waals surface area contributed by atoms with Crippen LogP contribution in [0.25, 0.3) is 16.2 Å². The highest BCUT2D eigenvalue weighted by Gasteiger charge is 2.19. The van der Waals surface area contributed by atoms with Crippen molar-refractivity contribution in [3.05, 3.63) is 81.1 Å².